The maximum atomic E-state index is 13.2. The third-order valence-corrected chi connectivity index (χ3v) is 3.63. The van der Waals surface area contributed by atoms with E-state index in [0.29, 0.717) is 6.04 Å². The first-order valence-electron chi connectivity index (χ1n) is 6.47. The van der Waals surface area contributed by atoms with E-state index in [-0.39, 0.29) is 11.2 Å². The van der Waals surface area contributed by atoms with E-state index in [9.17, 15) is 4.39 Å². The van der Waals surface area contributed by atoms with Gasteiger partial charge in [-0.15, -0.1) is 0 Å². The molecule has 0 aliphatic heterocycles. The Morgan fingerprint density at radius 3 is 2.53 bits per heavy atom. The molecule has 1 rings (SSSR count). The molecule has 1 aromatic rings. The Hall–Kier alpha value is -0.890. The Kier molecular flexibility index (Phi) is 5.13. The number of rotatable bonds is 6. The standard InChI is InChI=1S/C15H24FN/c1-5-15(3,4)14(17-6-2)11-12-8-7-9-13(16)10-12/h7-10,14,17H,5-6,11H2,1-4H3. The van der Waals surface area contributed by atoms with Gasteiger partial charge in [0.15, 0.2) is 0 Å². The third kappa shape index (κ3) is 4.12. The SMILES string of the molecule is CCNC(Cc1cccc(F)c1)C(C)(C)CC. The normalized spacial score (nSPS) is 13.7. The summed E-state index contributed by atoms with van der Waals surface area (Å²) < 4.78 is 13.2. The molecule has 0 saturated carbocycles. The van der Waals surface area contributed by atoms with E-state index in [0.717, 1.165) is 24.9 Å². The fourth-order valence-corrected chi connectivity index (χ4v) is 2.02. The summed E-state index contributed by atoms with van der Waals surface area (Å²) in [6.07, 6.45) is 1.99. The van der Waals surface area contributed by atoms with Crippen molar-refractivity contribution in [3.63, 3.8) is 0 Å². The van der Waals surface area contributed by atoms with E-state index in [1.165, 1.54) is 6.07 Å². The molecule has 1 atom stereocenters. The maximum Gasteiger partial charge on any atom is 0.123 e. The first-order chi connectivity index (χ1) is 7.99. The van der Waals surface area contributed by atoms with Crippen LogP contribution in [0.1, 0.15) is 39.7 Å². The van der Waals surface area contributed by atoms with Gasteiger partial charge in [-0.25, -0.2) is 4.39 Å². The van der Waals surface area contributed by atoms with Crippen LogP contribution < -0.4 is 5.32 Å². The van der Waals surface area contributed by atoms with Crippen molar-refractivity contribution in [3.05, 3.63) is 35.6 Å². The van der Waals surface area contributed by atoms with Crippen LogP contribution in [-0.4, -0.2) is 12.6 Å². The Morgan fingerprint density at radius 2 is 2.00 bits per heavy atom. The fourth-order valence-electron chi connectivity index (χ4n) is 2.02. The average molecular weight is 237 g/mol. The summed E-state index contributed by atoms with van der Waals surface area (Å²) in [6.45, 7) is 9.79. The number of nitrogens with one attached hydrogen (secondary N) is 1. The topological polar surface area (TPSA) is 12.0 Å². The summed E-state index contributed by atoms with van der Waals surface area (Å²) in [4.78, 5) is 0. The molecule has 0 bridgehead atoms. The zero-order chi connectivity index (χ0) is 12.9. The minimum Gasteiger partial charge on any atom is -0.313 e. The second kappa shape index (κ2) is 6.15. The lowest BCUT2D eigenvalue weighted by atomic mass is 9.79. The van der Waals surface area contributed by atoms with Gasteiger partial charge in [0.1, 0.15) is 5.82 Å². The first kappa shape index (κ1) is 14.2. The van der Waals surface area contributed by atoms with Gasteiger partial charge < -0.3 is 5.32 Å². The minimum absolute atomic E-state index is 0.146. The maximum absolute atomic E-state index is 13.2. The van der Waals surface area contributed by atoms with Gasteiger partial charge in [-0.3, -0.25) is 0 Å². The van der Waals surface area contributed by atoms with Crippen molar-refractivity contribution < 1.29 is 4.39 Å². The second-order valence-corrected chi connectivity index (χ2v) is 5.29. The van der Waals surface area contributed by atoms with Crippen LogP contribution in [0.3, 0.4) is 0 Å². The molecular formula is C15H24FN. The molecule has 17 heavy (non-hydrogen) atoms. The predicted molar refractivity (Wildman–Crippen MR) is 71.6 cm³/mol. The van der Waals surface area contributed by atoms with E-state index in [1.54, 1.807) is 12.1 Å². The highest BCUT2D eigenvalue weighted by molar-refractivity contribution is 5.18. The molecule has 0 amide bonds. The van der Waals surface area contributed by atoms with Crippen molar-refractivity contribution in [3.8, 4) is 0 Å². The number of hydrogen-bond acceptors (Lipinski definition) is 1. The number of hydrogen-bond donors (Lipinski definition) is 1. The third-order valence-electron chi connectivity index (χ3n) is 3.63. The molecule has 2 heteroatoms. The van der Waals surface area contributed by atoms with Gasteiger partial charge in [0.25, 0.3) is 0 Å². The van der Waals surface area contributed by atoms with E-state index < -0.39 is 0 Å². The summed E-state index contributed by atoms with van der Waals surface area (Å²) >= 11 is 0. The zero-order valence-corrected chi connectivity index (χ0v) is 11.4. The Labute approximate surface area is 104 Å². The van der Waals surface area contributed by atoms with Gasteiger partial charge in [0.05, 0.1) is 0 Å². The van der Waals surface area contributed by atoms with Crippen molar-refractivity contribution in [2.45, 2.75) is 46.6 Å². The highest BCUT2D eigenvalue weighted by atomic mass is 19.1. The molecule has 1 aromatic carbocycles. The molecule has 1 unspecified atom stereocenters. The Bertz CT molecular complexity index is 347. The first-order valence-corrected chi connectivity index (χ1v) is 6.47. The Morgan fingerprint density at radius 1 is 1.29 bits per heavy atom. The van der Waals surface area contributed by atoms with Crippen LogP contribution in [0.5, 0.6) is 0 Å². The zero-order valence-electron chi connectivity index (χ0n) is 11.4. The smallest absolute Gasteiger partial charge is 0.123 e. The van der Waals surface area contributed by atoms with Gasteiger partial charge in [0, 0.05) is 6.04 Å². The lowest BCUT2D eigenvalue weighted by Gasteiger charge is -2.34. The molecule has 0 saturated heterocycles. The van der Waals surface area contributed by atoms with Crippen molar-refractivity contribution in [2.24, 2.45) is 5.41 Å². The van der Waals surface area contributed by atoms with Crippen molar-refractivity contribution in [1.82, 2.24) is 5.32 Å². The van der Waals surface area contributed by atoms with E-state index in [1.807, 2.05) is 6.07 Å². The van der Waals surface area contributed by atoms with Crippen LogP contribution in [0.15, 0.2) is 24.3 Å². The molecule has 0 aliphatic carbocycles. The molecule has 0 radical (unpaired) electrons. The second-order valence-electron chi connectivity index (χ2n) is 5.29. The number of benzene rings is 1. The molecule has 1 nitrogen and oxygen atoms in total. The summed E-state index contributed by atoms with van der Waals surface area (Å²) in [6, 6.07) is 7.30. The summed E-state index contributed by atoms with van der Waals surface area (Å²) in [5.41, 5.74) is 1.29. The molecule has 0 aliphatic rings. The van der Waals surface area contributed by atoms with E-state index in [2.05, 4.69) is 33.0 Å². The quantitative estimate of drug-likeness (QED) is 0.794. The van der Waals surface area contributed by atoms with Gasteiger partial charge in [-0.05, 0) is 42.5 Å². The molecule has 0 aromatic heterocycles. The molecule has 96 valence electrons. The molecule has 0 heterocycles. The largest absolute Gasteiger partial charge is 0.313 e. The summed E-state index contributed by atoms with van der Waals surface area (Å²) in [5, 5.41) is 3.52. The number of halogens is 1. The van der Waals surface area contributed by atoms with Crippen LogP contribution in [0, 0.1) is 11.2 Å². The van der Waals surface area contributed by atoms with E-state index >= 15 is 0 Å². The molecule has 0 spiro atoms. The fraction of sp³-hybridized carbons (Fsp3) is 0.600. The highest BCUT2D eigenvalue weighted by Crippen LogP contribution is 2.27. The average Bonchev–Trinajstić information content (AvgIpc) is 2.28. The van der Waals surface area contributed by atoms with Gasteiger partial charge >= 0.3 is 0 Å². The lowest BCUT2D eigenvalue weighted by molar-refractivity contribution is 0.232. The summed E-state index contributed by atoms with van der Waals surface area (Å²) in [5.74, 6) is -0.146. The van der Waals surface area contributed by atoms with Crippen LogP contribution in [0.2, 0.25) is 0 Å². The van der Waals surface area contributed by atoms with Crippen LogP contribution in [0.25, 0.3) is 0 Å². The van der Waals surface area contributed by atoms with Crippen LogP contribution in [0.4, 0.5) is 4.39 Å². The lowest BCUT2D eigenvalue weighted by Crippen LogP contribution is -2.43. The van der Waals surface area contributed by atoms with Gasteiger partial charge in [-0.1, -0.05) is 39.8 Å². The molecule has 1 N–H and O–H groups in total. The molecular weight excluding hydrogens is 213 g/mol. The monoisotopic (exact) mass is 237 g/mol. The minimum atomic E-state index is -0.146. The van der Waals surface area contributed by atoms with Crippen molar-refractivity contribution in [2.75, 3.05) is 6.54 Å². The highest BCUT2D eigenvalue weighted by Gasteiger charge is 2.26. The van der Waals surface area contributed by atoms with Gasteiger partial charge in [-0.2, -0.15) is 0 Å². The van der Waals surface area contributed by atoms with Crippen LogP contribution in [-0.2, 0) is 6.42 Å². The van der Waals surface area contributed by atoms with E-state index in [4.69, 9.17) is 0 Å². The van der Waals surface area contributed by atoms with Gasteiger partial charge in [0.2, 0.25) is 0 Å². The van der Waals surface area contributed by atoms with Crippen LogP contribution >= 0.6 is 0 Å². The molecule has 0 fully saturated rings. The van der Waals surface area contributed by atoms with Crippen molar-refractivity contribution in [1.29, 1.82) is 0 Å². The summed E-state index contributed by atoms with van der Waals surface area (Å²) in [7, 11) is 0. The Balaban J connectivity index is 2.80. The number of likely N-dealkylation sites (N-methyl/N-ethyl adjacent to an activating group) is 1. The van der Waals surface area contributed by atoms with Crippen molar-refractivity contribution >= 4 is 0 Å². The predicted octanol–water partition coefficient (Wildman–Crippen LogP) is 3.78.